The summed E-state index contributed by atoms with van der Waals surface area (Å²) in [5.74, 6) is -1.22. The molecule has 7 heteroatoms. The molecule has 0 aromatic carbocycles. The number of furan rings is 1. The molecule has 1 rings (SSSR count). The summed E-state index contributed by atoms with van der Waals surface area (Å²) in [6, 6.07) is 0. The number of nitrogens with one attached hydrogen (secondary N) is 1. The topological polar surface area (TPSA) is 106 Å². The number of carbonyl (C=O) groups is 3. The van der Waals surface area contributed by atoms with Crippen molar-refractivity contribution in [3.05, 3.63) is 16.9 Å². The van der Waals surface area contributed by atoms with Crippen molar-refractivity contribution in [2.45, 2.75) is 40.0 Å². The van der Waals surface area contributed by atoms with E-state index in [4.69, 9.17) is 10.2 Å². The first-order valence-electron chi connectivity index (χ1n) is 7.70. The molecule has 0 fully saturated rings. The second-order valence-electron chi connectivity index (χ2n) is 5.61. The summed E-state index contributed by atoms with van der Waals surface area (Å²) in [4.78, 5) is 37.3. The first-order chi connectivity index (χ1) is 10.8. The Morgan fingerprint density at radius 1 is 1.22 bits per heavy atom. The maximum Gasteiger partial charge on any atom is 0.255 e. The smallest absolute Gasteiger partial charge is 0.255 e. The van der Waals surface area contributed by atoms with Crippen molar-refractivity contribution in [1.82, 2.24) is 4.90 Å². The van der Waals surface area contributed by atoms with Gasteiger partial charge in [0, 0.05) is 13.0 Å². The predicted molar refractivity (Wildman–Crippen MR) is 87.6 cm³/mol. The summed E-state index contributed by atoms with van der Waals surface area (Å²) in [5, 5.41) is 2.53. The Bertz CT molecular complexity index is 592. The zero-order valence-corrected chi connectivity index (χ0v) is 14.2. The van der Waals surface area contributed by atoms with Crippen molar-refractivity contribution in [2.75, 3.05) is 25.5 Å². The van der Waals surface area contributed by atoms with Crippen molar-refractivity contribution in [1.29, 1.82) is 0 Å². The Morgan fingerprint density at radius 2 is 1.87 bits per heavy atom. The third kappa shape index (κ3) is 5.21. The minimum absolute atomic E-state index is 0.0542. The number of aryl methyl sites for hydroxylation is 1. The standard InChI is InChI=1S/C16H25N3O4/c1-5-6-8-19(4)9-7-12(21)18-16-14(15(17)22)13(10(2)20)11(3)23-16/h5-9H2,1-4H3,(H2,17,22)(H,18,21). The van der Waals surface area contributed by atoms with Crippen LogP contribution in [0, 0.1) is 6.92 Å². The first-order valence-corrected chi connectivity index (χ1v) is 7.70. The van der Waals surface area contributed by atoms with Crippen LogP contribution in [0.4, 0.5) is 5.88 Å². The third-order valence-corrected chi connectivity index (χ3v) is 3.55. The predicted octanol–water partition coefficient (Wildman–Crippen LogP) is 1.95. The Morgan fingerprint density at radius 3 is 2.39 bits per heavy atom. The minimum atomic E-state index is -0.803. The highest BCUT2D eigenvalue weighted by molar-refractivity contribution is 6.11. The van der Waals surface area contributed by atoms with Crippen molar-refractivity contribution in [3.63, 3.8) is 0 Å². The van der Waals surface area contributed by atoms with Gasteiger partial charge >= 0.3 is 0 Å². The summed E-state index contributed by atoms with van der Waals surface area (Å²) < 4.78 is 5.34. The second kappa shape index (κ2) is 8.47. The quantitative estimate of drug-likeness (QED) is 0.676. The average molecular weight is 323 g/mol. The number of ketones is 1. The monoisotopic (exact) mass is 323 g/mol. The SMILES string of the molecule is CCCCN(C)CCC(=O)Nc1oc(C)c(C(C)=O)c1C(N)=O. The molecule has 7 nitrogen and oxygen atoms in total. The summed E-state index contributed by atoms with van der Waals surface area (Å²) in [6.07, 6.45) is 2.43. The number of carbonyl (C=O) groups excluding carboxylic acids is 3. The van der Waals surface area contributed by atoms with Crippen molar-refractivity contribution >= 4 is 23.5 Å². The van der Waals surface area contributed by atoms with Crippen molar-refractivity contribution in [2.24, 2.45) is 5.73 Å². The third-order valence-electron chi connectivity index (χ3n) is 3.55. The Labute approximate surface area is 136 Å². The van der Waals surface area contributed by atoms with E-state index in [1.807, 2.05) is 7.05 Å². The van der Waals surface area contributed by atoms with Crippen LogP contribution in [0.25, 0.3) is 0 Å². The van der Waals surface area contributed by atoms with Crippen molar-refractivity contribution in [3.8, 4) is 0 Å². The molecule has 2 amide bonds. The van der Waals surface area contributed by atoms with E-state index in [9.17, 15) is 14.4 Å². The van der Waals surface area contributed by atoms with Gasteiger partial charge in [-0.3, -0.25) is 19.7 Å². The molecule has 1 heterocycles. The number of unbranched alkanes of at least 4 members (excludes halogenated alkanes) is 1. The van der Waals surface area contributed by atoms with Gasteiger partial charge in [0.05, 0.1) is 5.56 Å². The molecule has 0 saturated carbocycles. The van der Waals surface area contributed by atoms with E-state index in [-0.39, 0.29) is 40.9 Å². The molecule has 0 aliphatic carbocycles. The summed E-state index contributed by atoms with van der Waals surface area (Å²) in [5.41, 5.74) is 5.36. The van der Waals surface area contributed by atoms with Gasteiger partial charge in [0.15, 0.2) is 5.78 Å². The van der Waals surface area contributed by atoms with Crippen LogP contribution in [0.2, 0.25) is 0 Å². The number of nitrogens with zero attached hydrogens (tertiary/aromatic N) is 1. The van der Waals surface area contributed by atoms with Crippen LogP contribution < -0.4 is 11.1 Å². The molecule has 0 unspecified atom stereocenters. The van der Waals surface area contributed by atoms with Crippen LogP contribution in [0.1, 0.15) is 59.6 Å². The maximum atomic E-state index is 12.0. The van der Waals surface area contributed by atoms with Gasteiger partial charge in [-0.15, -0.1) is 0 Å². The minimum Gasteiger partial charge on any atom is -0.444 e. The van der Waals surface area contributed by atoms with E-state index in [1.54, 1.807) is 6.92 Å². The van der Waals surface area contributed by atoms with Crippen LogP contribution in [0.3, 0.4) is 0 Å². The molecule has 0 aliphatic rings. The van der Waals surface area contributed by atoms with Crippen LogP contribution in [0.5, 0.6) is 0 Å². The number of Topliss-reactive ketones (excluding diaryl/α,β-unsaturated/α-hetero) is 1. The normalized spacial score (nSPS) is 10.8. The largest absolute Gasteiger partial charge is 0.444 e. The van der Waals surface area contributed by atoms with Crippen molar-refractivity contribution < 1.29 is 18.8 Å². The van der Waals surface area contributed by atoms with Gasteiger partial charge in [0.25, 0.3) is 5.91 Å². The highest BCUT2D eigenvalue weighted by Crippen LogP contribution is 2.27. The molecule has 0 saturated heterocycles. The fourth-order valence-corrected chi connectivity index (χ4v) is 2.31. The Hall–Kier alpha value is -2.15. The van der Waals surface area contributed by atoms with E-state index in [2.05, 4.69) is 17.1 Å². The van der Waals surface area contributed by atoms with Gasteiger partial charge in [0.2, 0.25) is 11.8 Å². The number of rotatable bonds is 9. The zero-order chi connectivity index (χ0) is 17.6. The summed E-state index contributed by atoms with van der Waals surface area (Å²) in [6.45, 7) is 6.50. The number of hydrogen-bond acceptors (Lipinski definition) is 5. The average Bonchev–Trinajstić information content (AvgIpc) is 2.79. The summed E-state index contributed by atoms with van der Waals surface area (Å²) >= 11 is 0. The number of nitrogens with two attached hydrogens (primary N) is 1. The Kier molecular flexibility index (Phi) is 6.96. The van der Waals surface area contributed by atoms with E-state index < -0.39 is 5.91 Å². The molecule has 0 aliphatic heterocycles. The number of anilines is 1. The number of hydrogen-bond donors (Lipinski definition) is 2. The van der Waals surface area contributed by atoms with Crippen LogP contribution in [-0.4, -0.2) is 42.6 Å². The van der Waals surface area contributed by atoms with Gasteiger partial charge in [-0.1, -0.05) is 13.3 Å². The molecular weight excluding hydrogens is 298 g/mol. The molecule has 1 aromatic rings. The molecule has 0 radical (unpaired) electrons. The van der Waals surface area contributed by atoms with E-state index in [0.717, 1.165) is 19.4 Å². The van der Waals surface area contributed by atoms with Gasteiger partial charge < -0.3 is 15.1 Å². The highest BCUT2D eigenvalue weighted by Gasteiger charge is 2.26. The maximum absolute atomic E-state index is 12.0. The van der Waals surface area contributed by atoms with Crippen LogP contribution in [0.15, 0.2) is 4.42 Å². The molecule has 23 heavy (non-hydrogen) atoms. The lowest BCUT2D eigenvalue weighted by atomic mass is 10.1. The molecule has 3 N–H and O–H groups in total. The van der Waals surface area contributed by atoms with E-state index in [0.29, 0.717) is 6.54 Å². The van der Waals surface area contributed by atoms with Crippen LogP contribution >= 0.6 is 0 Å². The van der Waals surface area contributed by atoms with Crippen LogP contribution in [-0.2, 0) is 4.79 Å². The Balaban J connectivity index is 2.77. The fourth-order valence-electron chi connectivity index (χ4n) is 2.31. The highest BCUT2D eigenvalue weighted by atomic mass is 16.4. The molecular formula is C16H25N3O4. The van der Waals surface area contributed by atoms with Gasteiger partial charge in [-0.25, -0.2) is 0 Å². The molecule has 128 valence electrons. The molecule has 0 atom stereocenters. The van der Waals surface area contributed by atoms with Gasteiger partial charge in [-0.2, -0.15) is 0 Å². The number of primary amides is 1. The fraction of sp³-hybridized carbons (Fsp3) is 0.562. The molecule has 0 bridgehead atoms. The van der Waals surface area contributed by atoms with Gasteiger partial charge in [-0.05, 0) is 33.9 Å². The lowest BCUT2D eigenvalue weighted by Crippen LogP contribution is -2.25. The molecule has 0 spiro atoms. The lowest BCUT2D eigenvalue weighted by Gasteiger charge is -2.15. The summed E-state index contributed by atoms with van der Waals surface area (Å²) in [7, 11) is 1.95. The van der Waals surface area contributed by atoms with E-state index in [1.165, 1.54) is 6.92 Å². The first kappa shape index (κ1) is 18.9. The molecule has 1 aromatic heterocycles. The van der Waals surface area contributed by atoms with E-state index >= 15 is 0 Å². The second-order valence-corrected chi connectivity index (χ2v) is 5.61. The lowest BCUT2D eigenvalue weighted by molar-refractivity contribution is -0.116. The number of amides is 2. The zero-order valence-electron chi connectivity index (χ0n) is 14.2. The van der Waals surface area contributed by atoms with Gasteiger partial charge in [0.1, 0.15) is 11.3 Å².